The van der Waals surface area contributed by atoms with E-state index >= 15 is 0 Å². The predicted molar refractivity (Wildman–Crippen MR) is 212 cm³/mol. The van der Waals surface area contributed by atoms with Crippen LogP contribution in [-0.2, 0) is 0 Å². The number of fused-ring (bicyclic) bond motifs is 10. The average molecular weight is 643 g/mol. The maximum absolute atomic E-state index is 6.72. The molecule has 0 saturated carbocycles. The minimum absolute atomic E-state index is 0.437. The molecule has 0 bridgehead atoms. The fourth-order valence-corrected chi connectivity index (χ4v) is 7.97. The van der Waals surface area contributed by atoms with Gasteiger partial charge in [-0.05, 0) is 76.2 Å². The first-order valence-electron chi connectivity index (χ1n) is 17.4. The summed E-state index contributed by atoms with van der Waals surface area (Å²) in [6.45, 7) is 4.51. The van der Waals surface area contributed by atoms with Crippen molar-refractivity contribution < 1.29 is 4.42 Å². The molecule has 0 amide bonds. The zero-order chi connectivity index (χ0) is 33.3. The van der Waals surface area contributed by atoms with Crippen molar-refractivity contribution in [2.45, 2.75) is 19.8 Å². The molecule has 3 nitrogen and oxygen atoms in total. The van der Waals surface area contributed by atoms with Crippen LogP contribution in [0.15, 0.2) is 168 Å². The molecule has 238 valence electrons. The lowest BCUT2D eigenvalue weighted by atomic mass is 9.98. The van der Waals surface area contributed by atoms with Crippen LogP contribution in [0.4, 0.5) is 17.1 Å². The van der Waals surface area contributed by atoms with Gasteiger partial charge in [0.15, 0.2) is 0 Å². The Labute approximate surface area is 290 Å². The Morgan fingerprint density at radius 3 is 2.02 bits per heavy atom. The standard InChI is InChI=1S/C47H34N2O/c1-30(2)32-14-12-17-34(27-32)49-41-22-11-10-19-37(41)39-25-24-35(28-42(39)49)48(33-15-4-3-5-16-33)43-29-45-47(40-21-9-8-20-38(40)43)46-36-18-7-6-13-31(36)23-26-44(46)50-45/h3-30H,1-2H3. The zero-order valence-electron chi connectivity index (χ0n) is 28.0. The molecule has 0 N–H and O–H groups in total. The van der Waals surface area contributed by atoms with Crippen molar-refractivity contribution in [3.8, 4) is 5.69 Å². The highest BCUT2D eigenvalue weighted by Gasteiger charge is 2.22. The van der Waals surface area contributed by atoms with Gasteiger partial charge < -0.3 is 13.9 Å². The molecule has 0 fully saturated rings. The summed E-state index contributed by atoms with van der Waals surface area (Å²) < 4.78 is 9.14. The van der Waals surface area contributed by atoms with Gasteiger partial charge in [0, 0.05) is 50.1 Å². The lowest BCUT2D eigenvalue weighted by Gasteiger charge is -2.27. The van der Waals surface area contributed by atoms with E-state index in [1.165, 1.54) is 60.0 Å². The molecular formula is C47H34N2O. The third kappa shape index (κ3) is 4.30. The van der Waals surface area contributed by atoms with Gasteiger partial charge in [0.2, 0.25) is 0 Å². The van der Waals surface area contributed by atoms with Crippen LogP contribution in [0.3, 0.4) is 0 Å². The number of hydrogen-bond donors (Lipinski definition) is 0. The van der Waals surface area contributed by atoms with Crippen molar-refractivity contribution in [2.75, 3.05) is 4.90 Å². The Morgan fingerprint density at radius 1 is 0.480 bits per heavy atom. The zero-order valence-corrected chi connectivity index (χ0v) is 28.0. The lowest BCUT2D eigenvalue weighted by molar-refractivity contribution is 0.669. The summed E-state index contributed by atoms with van der Waals surface area (Å²) in [6.07, 6.45) is 0. The van der Waals surface area contributed by atoms with E-state index < -0.39 is 0 Å². The molecule has 2 heterocycles. The van der Waals surface area contributed by atoms with E-state index in [0.717, 1.165) is 33.6 Å². The second kappa shape index (κ2) is 11.1. The lowest BCUT2D eigenvalue weighted by Crippen LogP contribution is -2.10. The number of benzene rings is 8. The summed E-state index contributed by atoms with van der Waals surface area (Å²) in [4.78, 5) is 2.39. The third-order valence-electron chi connectivity index (χ3n) is 10.3. The molecule has 10 rings (SSSR count). The summed E-state index contributed by atoms with van der Waals surface area (Å²) in [7, 11) is 0. The first kappa shape index (κ1) is 28.7. The Hall–Kier alpha value is -6.32. The van der Waals surface area contributed by atoms with Gasteiger partial charge >= 0.3 is 0 Å². The molecule has 0 unspecified atom stereocenters. The van der Waals surface area contributed by atoms with E-state index in [0.29, 0.717) is 5.92 Å². The molecule has 0 aliphatic carbocycles. The Kier molecular flexibility index (Phi) is 6.37. The van der Waals surface area contributed by atoms with Crippen molar-refractivity contribution >= 4 is 82.4 Å². The first-order valence-corrected chi connectivity index (χ1v) is 17.4. The Balaban J connectivity index is 1.28. The minimum Gasteiger partial charge on any atom is -0.456 e. The molecule has 0 aliphatic rings. The van der Waals surface area contributed by atoms with Crippen LogP contribution in [0.2, 0.25) is 0 Å². The van der Waals surface area contributed by atoms with Crippen LogP contribution in [0.1, 0.15) is 25.3 Å². The summed E-state index contributed by atoms with van der Waals surface area (Å²) in [5.41, 5.74) is 9.90. The number of hydrogen-bond acceptors (Lipinski definition) is 2. The number of nitrogens with zero attached hydrogens (tertiary/aromatic N) is 2. The van der Waals surface area contributed by atoms with Crippen molar-refractivity contribution in [1.29, 1.82) is 0 Å². The average Bonchev–Trinajstić information content (AvgIpc) is 3.71. The van der Waals surface area contributed by atoms with Gasteiger partial charge in [-0.25, -0.2) is 0 Å². The highest BCUT2D eigenvalue weighted by Crippen LogP contribution is 2.47. The Morgan fingerprint density at radius 2 is 1.18 bits per heavy atom. The van der Waals surface area contributed by atoms with Gasteiger partial charge in [-0.3, -0.25) is 0 Å². The van der Waals surface area contributed by atoms with Crippen molar-refractivity contribution in [2.24, 2.45) is 0 Å². The first-order chi connectivity index (χ1) is 24.6. The topological polar surface area (TPSA) is 21.3 Å². The van der Waals surface area contributed by atoms with Crippen LogP contribution >= 0.6 is 0 Å². The maximum Gasteiger partial charge on any atom is 0.138 e. The highest BCUT2D eigenvalue weighted by atomic mass is 16.3. The van der Waals surface area contributed by atoms with Crippen LogP contribution in [-0.4, -0.2) is 4.57 Å². The van der Waals surface area contributed by atoms with Crippen LogP contribution in [0.5, 0.6) is 0 Å². The number of rotatable bonds is 5. The van der Waals surface area contributed by atoms with Gasteiger partial charge in [0.05, 0.1) is 16.7 Å². The van der Waals surface area contributed by atoms with Gasteiger partial charge in [0.25, 0.3) is 0 Å². The summed E-state index contributed by atoms with van der Waals surface area (Å²) in [5, 5.41) is 9.58. The quantitative estimate of drug-likeness (QED) is 0.186. The molecule has 8 aromatic carbocycles. The smallest absolute Gasteiger partial charge is 0.138 e. The fraction of sp³-hybridized carbons (Fsp3) is 0.0638. The van der Waals surface area contributed by atoms with Crippen molar-refractivity contribution in [3.05, 3.63) is 169 Å². The van der Waals surface area contributed by atoms with Gasteiger partial charge in [-0.1, -0.05) is 123 Å². The Bertz CT molecular complexity index is 2910. The van der Waals surface area contributed by atoms with Gasteiger partial charge in [-0.2, -0.15) is 0 Å². The summed E-state index contributed by atoms with van der Waals surface area (Å²) >= 11 is 0. The van der Waals surface area contributed by atoms with Crippen LogP contribution in [0, 0.1) is 0 Å². The molecular weight excluding hydrogens is 609 g/mol. The molecule has 3 heteroatoms. The van der Waals surface area contributed by atoms with E-state index in [2.05, 4.69) is 187 Å². The normalized spacial score (nSPS) is 12.0. The molecule has 0 radical (unpaired) electrons. The predicted octanol–water partition coefficient (Wildman–Crippen LogP) is 13.6. The monoisotopic (exact) mass is 642 g/mol. The van der Waals surface area contributed by atoms with Gasteiger partial charge in [0.1, 0.15) is 11.2 Å². The number of anilines is 3. The molecule has 0 saturated heterocycles. The minimum atomic E-state index is 0.437. The molecule has 0 atom stereocenters. The second-order valence-corrected chi connectivity index (χ2v) is 13.6. The highest BCUT2D eigenvalue weighted by molar-refractivity contribution is 6.28. The van der Waals surface area contributed by atoms with Gasteiger partial charge in [-0.15, -0.1) is 0 Å². The van der Waals surface area contributed by atoms with Crippen LogP contribution < -0.4 is 4.90 Å². The number of furan rings is 1. The molecule has 50 heavy (non-hydrogen) atoms. The summed E-state index contributed by atoms with van der Waals surface area (Å²) in [5.74, 6) is 0.437. The van der Waals surface area contributed by atoms with Crippen molar-refractivity contribution in [1.82, 2.24) is 4.57 Å². The van der Waals surface area contributed by atoms with E-state index in [4.69, 9.17) is 4.42 Å². The van der Waals surface area contributed by atoms with Crippen LogP contribution in [0.25, 0.3) is 71.0 Å². The number of para-hydroxylation sites is 2. The largest absolute Gasteiger partial charge is 0.456 e. The van der Waals surface area contributed by atoms with E-state index in [1.807, 2.05) is 0 Å². The molecule has 10 aromatic rings. The van der Waals surface area contributed by atoms with E-state index in [9.17, 15) is 0 Å². The molecule has 0 aliphatic heterocycles. The third-order valence-corrected chi connectivity index (χ3v) is 10.3. The second-order valence-electron chi connectivity index (χ2n) is 13.6. The maximum atomic E-state index is 6.72. The summed E-state index contributed by atoms with van der Waals surface area (Å²) in [6, 6.07) is 59.2. The fourth-order valence-electron chi connectivity index (χ4n) is 7.97. The van der Waals surface area contributed by atoms with E-state index in [1.54, 1.807) is 0 Å². The van der Waals surface area contributed by atoms with E-state index in [-0.39, 0.29) is 0 Å². The SMILES string of the molecule is CC(C)c1cccc(-n2c3ccccc3c3ccc(N(c4ccccc4)c4cc5oc6ccc7ccccc7c6c5c5ccccc45)cc32)c1. The molecule has 0 spiro atoms. The number of aromatic nitrogens is 1. The molecule has 2 aromatic heterocycles. The van der Waals surface area contributed by atoms with Crippen molar-refractivity contribution in [3.63, 3.8) is 0 Å².